The lowest BCUT2D eigenvalue weighted by molar-refractivity contribution is 0.0397. The maximum Gasteiger partial charge on any atom is 0.346 e. The molecule has 3 nitrogen and oxygen atoms in total. The van der Waals surface area contributed by atoms with Crippen LogP contribution in [-0.4, -0.2) is 12.7 Å². The zero-order valence-corrected chi connectivity index (χ0v) is 16.6. The lowest BCUT2D eigenvalue weighted by Gasteiger charge is -2.26. The van der Waals surface area contributed by atoms with Crippen molar-refractivity contribution in [2.24, 2.45) is 5.92 Å². The molecule has 1 saturated carbocycles. The molecule has 150 valence electrons. The summed E-state index contributed by atoms with van der Waals surface area (Å²) in [4.78, 5) is 12.3. The Morgan fingerprint density at radius 1 is 1.29 bits per heavy atom. The van der Waals surface area contributed by atoms with Gasteiger partial charge >= 0.3 is 5.63 Å². The fourth-order valence-electron chi connectivity index (χ4n) is 3.80. The van der Waals surface area contributed by atoms with Crippen LogP contribution in [0.4, 0.5) is 4.39 Å². The lowest BCUT2D eigenvalue weighted by Crippen LogP contribution is -2.20. The third kappa shape index (κ3) is 4.99. The summed E-state index contributed by atoms with van der Waals surface area (Å²) in [7, 11) is 0. The molecule has 1 aliphatic rings. The monoisotopic (exact) mass is 384 g/mol. The standard InChI is InChI=1S/C24H29FO3/c1-3-5-6-21-16-19-12-11-18(23(25)22(19)24(26)28-21)10-7-17-8-13-20(14-9-17)27-15-4-2/h4,7,10-12,16-17,20H,2-3,5-6,8-9,13-15H2,1H3/b10-7+. The Kier molecular flexibility index (Phi) is 7.21. The highest BCUT2D eigenvalue weighted by Crippen LogP contribution is 2.28. The lowest BCUT2D eigenvalue weighted by atomic mass is 9.87. The molecular weight excluding hydrogens is 355 g/mol. The van der Waals surface area contributed by atoms with Crippen molar-refractivity contribution in [2.45, 2.75) is 58.0 Å². The van der Waals surface area contributed by atoms with Gasteiger partial charge in [-0.2, -0.15) is 0 Å². The Hall–Kier alpha value is -2.20. The summed E-state index contributed by atoms with van der Waals surface area (Å²) in [5, 5.41) is 0.654. The van der Waals surface area contributed by atoms with Gasteiger partial charge in [0.05, 0.1) is 12.7 Å². The van der Waals surface area contributed by atoms with E-state index in [9.17, 15) is 9.18 Å². The summed E-state index contributed by atoms with van der Waals surface area (Å²) in [6.45, 7) is 6.35. The minimum atomic E-state index is -0.587. The topological polar surface area (TPSA) is 39.4 Å². The molecule has 0 atom stereocenters. The number of benzene rings is 1. The molecule has 0 bridgehead atoms. The molecule has 0 spiro atoms. The molecule has 0 unspecified atom stereocenters. The van der Waals surface area contributed by atoms with Crippen molar-refractivity contribution in [3.05, 3.63) is 64.5 Å². The third-order valence-electron chi connectivity index (χ3n) is 5.44. The first-order chi connectivity index (χ1) is 13.6. The summed E-state index contributed by atoms with van der Waals surface area (Å²) in [6, 6.07) is 5.34. The van der Waals surface area contributed by atoms with Gasteiger partial charge in [0.25, 0.3) is 0 Å². The van der Waals surface area contributed by atoms with Gasteiger partial charge in [0.2, 0.25) is 0 Å². The number of aryl methyl sites for hydroxylation is 1. The quantitative estimate of drug-likeness (QED) is 0.520. The van der Waals surface area contributed by atoms with E-state index in [4.69, 9.17) is 9.15 Å². The van der Waals surface area contributed by atoms with Crippen molar-refractivity contribution >= 4 is 16.8 Å². The van der Waals surface area contributed by atoms with Crippen molar-refractivity contribution in [2.75, 3.05) is 6.61 Å². The summed E-state index contributed by atoms with van der Waals surface area (Å²) >= 11 is 0. The predicted molar refractivity (Wildman–Crippen MR) is 112 cm³/mol. The van der Waals surface area contributed by atoms with Crippen LogP contribution < -0.4 is 5.63 Å². The van der Waals surface area contributed by atoms with Gasteiger partial charge in [-0.25, -0.2) is 9.18 Å². The summed E-state index contributed by atoms with van der Waals surface area (Å²) in [6.07, 6.45) is 12.7. The Morgan fingerprint density at radius 3 is 2.79 bits per heavy atom. The largest absolute Gasteiger partial charge is 0.427 e. The van der Waals surface area contributed by atoms with Crippen LogP contribution in [0.2, 0.25) is 0 Å². The second kappa shape index (κ2) is 9.83. The van der Waals surface area contributed by atoms with Gasteiger partial charge in [0.15, 0.2) is 0 Å². The highest BCUT2D eigenvalue weighted by molar-refractivity contribution is 5.84. The van der Waals surface area contributed by atoms with Gasteiger partial charge in [-0.15, -0.1) is 6.58 Å². The fourth-order valence-corrected chi connectivity index (χ4v) is 3.80. The van der Waals surface area contributed by atoms with E-state index < -0.39 is 11.4 Å². The van der Waals surface area contributed by atoms with Gasteiger partial charge in [-0.1, -0.05) is 43.7 Å². The van der Waals surface area contributed by atoms with Crippen molar-refractivity contribution < 1.29 is 13.5 Å². The predicted octanol–water partition coefficient (Wildman–Crippen LogP) is 6.05. The molecule has 0 amide bonds. The maximum atomic E-state index is 14.9. The van der Waals surface area contributed by atoms with E-state index in [1.807, 2.05) is 6.07 Å². The zero-order chi connectivity index (χ0) is 19.9. The van der Waals surface area contributed by atoms with Crippen molar-refractivity contribution in [3.8, 4) is 0 Å². The molecule has 2 aromatic rings. The maximum absolute atomic E-state index is 14.9. The van der Waals surface area contributed by atoms with E-state index in [-0.39, 0.29) is 5.39 Å². The minimum Gasteiger partial charge on any atom is -0.427 e. The highest BCUT2D eigenvalue weighted by Gasteiger charge is 2.20. The normalized spacial score (nSPS) is 20.1. The molecule has 0 N–H and O–H groups in total. The number of halogens is 1. The van der Waals surface area contributed by atoms with Crippen molar-refractivity contribution in [3.63, 3.8) is 0 Å². The van der Waals surface area contributed by atoms with Crippen LogP contribution in [0.15, 0.2) is 46.1 Å². The van der Waals surface area contributed by atoms with Crippen LogP contribution in [0.5, 0.6) is 0 Å². The van der Waals surface area contributed by atoms with Crippen LogP contribution in [-0.2, 0) is 11.2 Å². The molecule has 1 fully saturated rings. The van der Waals surface area contributed by atoms with Gasteiger partial charge < -0.3 is 9.15 Å². The number of ether oxygens (including phenoxy) is 1. The van der Waals surface area contributed by atoms with E-state index in [1.165, 1.54) is 0 Å². The van der Waals surface area contributed by atoms with Crippen LogP contribution >= 0.6 is 0 Å². The Balaban J connectivity index is 1.72. The molecule has 28 heavy (non-hydrogen) atoms. The smallest absolute Gasteiger partial charge is 0.346 e. The van der Waals surface area contributed by atoms with Crippen LogP contribution in [0, 0.1) is 11.7 Å². The van der Waals surface area contributed by atoms with E-state index >= 15 is 0 Å². The average molecular weight is 384 g/mol. The molecule has 0 saturated heterocycles. The van der Waals surface area contributed by atoms with Crippen LogP contribution in [0.1, 0.15) is 56.8 Å². The van der Waals surface area contributed by atoms with Gasteiger partial charge in [-0.05, 0) is 49.5 Å². The van der Waals surface area contributed by atoms with Crippen LogP contribution in [0.3, 0.4) is 0 Å². The number of allylic oxidation sites excluding steroid dienone is 1. The van der Waals surface area contributed by atoms with Crippen molar-refractivity contribution in [1.82, 2.24) is 0 Å². The number of fused-ring (bicyclic) bond motifs is 1. The number of rotatable bonds is 8. The summed E-state index contributed by atoms with van der Waals surface area (Å²) in [5.74, 6) is 0.538. The van der Waals surface area contributed by atoms with Crippen molar-refractivity contribution in [1.29, 1.82) is 0 Å². The molecule has 1 aliphatic carbocycles. The Labute approximate surface area is 165 Å². The zero-order valence-electron chi connectivity index (χ0n) is 16.6. The first kappa shape index (κ1) is 20.5. The summed E-state index contributed by atoms with van der Waals surface area (Å²) in [5.41, 5.74) is -0.151. The number of hydrogen-bond donors (Lipinski definition) is 0. The molecule has 0 aliphatic heterocycles. The molecular formula is C24H29FO3. The summed E-state index contributed by atoms with van der Waals surface area (Å²) < 4.78 is 26.0. The minimum absolute atomic E-state index is 0.0453. The van der Waals surface area contributed by atoms with Gasteiger partial charge in [0.1, 0.15) is 17.0 Å². The second-order valence-electron chi connectivity index (χ2n) is 7.55. The number of unbranched alkanes of at least 4 members (excludes halogenated alkanes) is 1. The SMILES string of the molecule is C=CCOC1CCC(/C=C/c2ccc3cc(CCCC)oc(=O)c3c2F)CC1. The first-order valence-electron chi connectivity index (χ1n) is 10.3. The van der Waals surface area contributed by atoms with Gasteiger partial charge in [0, 0.05) is 12.0 Å². The van der Waals surface area contributed by atoms with E-state index in [0.717, 1.165) is 38.5 Å². The van der Waals surface area contributed by atoms with Gasteiger partial charge in [-0.3, -0.25) is 0 Å². The first-order valence-corrected chi connectivity index (χ1v) is 10.3. The fraction of sp³-hybridized carbons (Fsp3) is 0.458. The Bertz CT molecular complexity index is 889. The van der Waals surface area contributed by atoms with E-state index in [0.29, 0.717) is 41.8 Å². The Morgan fingerprint density at radius 2 is 2.07 bits per heavy atom. The number of hydrogen-bond acceptors (Lipinski definition) is 3. The third-order valence-corrected chi connectivity index (χ3v) is 5.44. The molecule has 1 aromatic carbocycles. The van der Waals surface area contributed by atoms with E-state index in [1.54, 1.807) is 24.3 Å². The second-order valence-corrected chi connectivity index (χ2v) is 7.55. The highest BCUT2D eigenvalue weighted by atomic mass is 19.1. The van der Waals surface area contributed by atoms with E-state index in [2.05, 4.69) is 19.6 Å². The molecule has 3 rings (SSSR count). The molecule has 4 heteroatoms. The van der Waals surface area contributed by atoms with Crippen LogP contribution in [0.25, 0.3) is 16.8 Å². The molecule has 1 aromatic heterocycles. The molecule has 1 heterocycles. The molecule has 0 radical (unpaired) electrons. The average Bonchev–Trinajstić information content (AvgIpc) is 2.70.